The predicted octanol–water partition coefficient (Wildman–Crippen LogP) is 4.02. The van der Waals surface area contributed by atoms with E-state index >= 15 is 0 Å². The summed E-state index contributed by atoms with van der Waals surface area (Å²) in [4.78, 5) is 34.1. The Hall–Kier alpha value is -3.55. The van der Waals surface area contributed by atoms with E-state index in [0.29, 0.717) is 23.9 Å². The number of benzene rings is 2. The van der Waals surface area contributed by atoms with Crippen LogP contribution in [0.2, 0.25) is 0 Å². The molecule has 0 bridgehead atoms. The minimum Gasteiger partial charge on any atom is -0.454 e. The number of carbonyl (C=O) groups is 2. The van der Waals surface area contributed by atoms with Gasteiger partial charge in [0.2, 0.25) is 12.7 Å². The van der Waals surface area contributed by atoms with Crippen LogP contribution in [0.25, 0.3) is 11.0 Å². The molecule has 8 nitrogen and oxygen atoms in total. The fourth-order valence-electron chi connectivity index (χ4n) is 5.56. The molecule has 0 spiro atoms. The third-order valence-corrected chi connectivity index (χ3v) is 7.61. The number of nitrogens with one attached hydrogen (secondary N) is 1. The molecular formula is C27H30N4O4. The van der Waals surface area contributed by atoms with Crippen molar-refractivity contribution in [2.24, 2.45) is 0 Å². The van der Waals surface area contributed by atoms with Crippen molar-refractivity contribution in [1.82, 2.24) is 19.8 Å². The van der Waals surface area contributed by atoms with Gasteiger partial charge >= 0.3 is 0 Å². The van der Waals surface area contributed by atoms with Gasteiger partial charge in [-0.25, -0.2) is 4.98 Å². The first kappa shape index (κ1) is 21.9. The van der Waals surface area contributed by atoms with Crippen molar-refractivity contribution >= 4 is 22.8 Å². The van der Waals surface area contributed by atoms with Crippen LogP contribution in [0.3, 0.4) is 0 Å². The van der Waals surface area contributed by atoms with Crippen LogP contribution in [0, 0.1) is 0 Å². The lowest BCUT2D eigenvalue weighted by Crippen LogP contribution is -2.64. The van der Waals surface area contributed by atoms with E-state index in [4.69, 9.17) is 9.47 Å². The van der Waals surface area contributed by atoms with E-state index in [1.807, 2.05) is 54.0 Å². The zero-order valence-corrected chi connectivity index (χ0v) is 20.0. The highest BCUT2D eigenvalue weighted by Gasteiger charge is 2.48. The van der Waals surface area contributed by atoms with Gasteiger partial charge in [-0.2, -0.15) is 0 Å². The molecule has 1 fully saturated rings. The summed E-state index contributed by atoms with van der Waals surface area (Å²) in [5.41, 5.74) is 1.43. The first-order valence-electron chi connectivity index (χ1n) is 12.5. The van der Waals surface area contributed by atoms with E-state index in [0.717, 1.165) is 42.3 Å². The maximum atomic E-state index is 13.9. The third-order valence-electron chi connectivity index (χ3n) is 7.61. The molecule has 3 aromatic rings. The molecule has 8 heteroatoms. The van der Waals surface area contributed by atoms with Crippen LogP contribution < -0.4 is 14.8 Å². The van der Waals surface area contributed by atoms with Gasteiger partial charge in [0.15, 0.2) is 17.3 Å². The zero-order chi connectivity index (χ0) is 24.0. The number of ether oxygens (including phenoxy) is 2. The van der Waals surface area contributed by atoms with Gasteiger partial charge in [-0.15, -0.1) is 0 Å². The van der Waals surface area contributed by atoms with Crippen LogP contribution in [-0.2, 0) is 17.9 Å². The Morgan fingerprint density at radius 3 is 2.69 bits per heavy atom. The number of hydrogen-bond donors (Lipinski definition) is 1. The van der Waals surface area contributed by atoms with Crippen molar-refractivity contribution in [3.05, 3.63) is 53.9 Å². The first-order chi connectivity index (χ1) is 17.0. The average Bonchev–Trinajstić information content (AvgIpc) is 3.38. The van der Waals surface area contributed by atoms with E-state index in [-0.39, 0.29) is 31.2 Å². The minimum atomic E-state index is -1.07. The number of imidazole rings is 1. The lowest BCUT2D eigenvalue weighted by Gasteiger charge is -2.44. The molecule has 3 aliphatic rings. The molecule has 2 aliphatic heterocycles. The topological polar surface area (TPSA) is 85.7 Å². The molecule has 35 heavy (non-hydrogen) atoms. The number of para-hydroxylation sites is 2. The molecule has 3 heterocycles. The van der Waals surface area contributed by atoms with E-state index in [9.17, 15) is 9.59 Å². The molecule has 182 valence electrons. The zero-order valence-electron chi connectivity index (χ0n) is 20.0. The summed E-state index contributed by atoms with van der Waals surface area (Å²) in [5, 5.41) is 3.31. The summed E-state index contributed by atoms with van der Waals surface area (Å²) in [5.74, 6) is 1.36. The molecule has 1 N–H and O–H groups in total. The van der Waals surface area contributed by atoms with Crippen LogP contribution in [-0.4, -0.2) is 44.6 Å². The molecule has 0 radical (unpaired) electrons. The Morgan fingerprint density at radius 2 is 1.86 bits per heavy atom. The summed E-state index contributed by atoms with van der Waals surface area (Å²) >= 11 is 0. The maximum Gasteiger partial charge on any atom is 0.291 e. The number of rotatable bonds is 4. The second-order valence-electron chi connectivity index (χ2n) is 10.0. The Labute approximate surface area is 204 Å². The Kier molecular flexibility index (Phi) is 5.39. The predicted molar refractivity (Wildman–Crippen MR) is 130 cm³/mol. The first-order valence-corrected chi connectivity index (χ1v) is 12.5. The van der Waals surface area contributed by atoms with Crippen LogP contribution in [0.4, 0.5) is 0 Å². The van der Waals surface area contributed by atoms with Crippen LogP contribution in [0.1, 0.15) is 61.6 Å². The van der Waals surface area contributed by atoms with Gasteiger partial charge in [0, 0.05) is 12.6 Å². The second kappa shape index (κ2) is 8.59. The maximum absolute atomic E-state index is 13.9. The van der Waals surface area contributed by atoms with Gasteiger partial charge in [-0.3, -0.25) is 9.59 Å². The molecule has 2 aromatic carbocycles. The molecular weight excluding hydrogens is 444 g/mol. The van der Waals surface area contributed by atoms with Crippen molar-refractivity contribution in [2.75, 3.05) is 6.79 Å². The molecule has 1 aromatic heterocycles. The van der Waals surface area contributed by atoms with Crippen molar-refractivity contribution in [1.29, 1.82) is 0 Å². The highest BCUT2D eigenvalue weighted by atomic mass is 16.7. The Morgan fingerprint density at radius 1 is 1.09 bits per heavy atom. The standard InChI is InChI=1S/C27H30N4O4/c1-27(26(33)28-19-8-4-2-3-5-9-19)16-30-21-11-7-6-10-20(21)29-24(30)25(32)31(27)15-18-12-13-22-23(14-18)35-17-34-22/h6-7,10-14,19H,2-5,8-9,15-17H2,1H3,(H,28,33)/t27-/m1/s1. The average molecular weight is 475 g/mol. The summed E-state index contributed by atoms with van der Waals surface area (Å²) in [7, 11) is 0. The van der Waals surface area contributed by atoms with E-state index < -0.39 is 5.54 Å². The number of amides is 2. The number of nitrogens with zero attached hydrogens (tertiary/aromatic N) is 3. The lowest BCUT2D eigenvalue weighted by molar-refractivity contribution is -0.134. The molecule has 6 rings (SSSR count). The SMILES string of the molecule is C[C@]1(C(=O)NC2CCCCCC2)Cn2c(nc3ccccc32)C(=O)N1Cc1ccc2c(c1)OCO2. The van der Waals surface area contributed by atoms with Gasteiger partial charge in [0.05, 0.1) is 17.6 Å². The van der Waals surface area contributed by atoms with Crippen molar-refractivity contribution in [2.45, 2.75) is 70.1 Å². The fraction of sp³-hybridized carbons (Fsp3) is 0.444. The van der Waals surface area contributed by atoms with Gasteiger partial charge in [-0.05, 0) is 49.6 Å². The van der Waals surface area contributed by atoms with Crippen LogP contribution in [0.15, 0.2) is 42.5 Å². The van der Waals surface area contributed by atoms with Gasteiger partial charge in [0.25, 0.3) is 5.91 Å². The van der Waals surface area contributed by atoms with Crippen LogP contribution >= 0.6 is 0 Å². The molecule has 2 amide bonds. The van der Waals surface area contributed by atoms with E-state index in [1.54, 1.807) is 4.90 Å². The fourth-order valence-corrected chi connectivity index (χ4v) is 5.56. The summed E-state index contributed by atoms with van der Waals surface area (Å²) in [6.07, 6.45) is 6.63. The Bertz CT molecular complexity index is 1290. The highest BCUT2D eigenvalue weighted by Crippen LogP contribution is 2.36. The smallest absolute Gasteiger partial charge is 0.291 e. The lowest BCUT2D eigenvalue weighted by atomic mass is 9.93. The van der Waals surface area contributed by atoms with Gasteiger partial charge in [-0.1, -0.05) is 43.9 Å². The summed E-state index contributed by atoms with van der Waals surface area (Å²) in [6.45, 7) is 2.68. The largest absolute Gasteiger partial charge is 0.454 e. The number of aromatic nitrogens is 2. The normalized spacial score (nSPS) is 22.2. The van der Waals surface area contributed by atoms with Crippen molar-refractivity contribution in [3.63, 3.8) is 0 Å². The summed E-state index contributed by atoms with van der Waals surface area (Å²) < 4.78 is 12.9. The highest BCUT2D eigenvalue weighted by molar-refractivity contribution is 6.01. The van der Waals surface area contributed by atoms with Gasteiger partial charge < -0.3 is 24.3 Å². The van der Waals surface area contributed by atoms with Crippen LogP contribution in [0.5, 0.6) is 11.5 Å². The van der Waals surface area contributed by atoms with Gasteiger partial charge in [0.1, 0.15) is 5.54 Å². The number of hydrogen-bond acceptors (Lipinski definition) is 5. The molecule has 1 aliphatic carbocycles. The van der Waals surface area contributed by atoms with E-state index in [2.05, 4.69) is 10.3 Å². The summed E-state index contributed by atoms with van der Waals surface area (Å²) in [6, 6.07) is 13.5. The number of carbonyl (C=O) groups excluding carboxylic acids is 2. The molecule has 1 atom stereocenters. The third kappa shape index (κ3) is 3.81. The molecule has 0 unspecified atom stereocenters. The number of fused-ring (bicyclic) bond motifs is 4. The monoisotopic (exact) mass is 474 g/mol. The van der Waals surface area contributed by atoms with Crippen molar-refractivity contribution in [3.8, 4) is 11.5 Å². The second-order valence-corrected chi connectivity index (χ2v) is 10.0. The Balaban J connectivity index is 1.38. The quantitative estimate of drug-likeness (QED) is 0.578. The minimum absolute atomic E-state index is 0.109. The molecule has 0 saturated heterocycles. The van der Waals surface area contributed by atoms with Crippen molar-refractivity contribution < 1.29 is 19.1 Å². The molecule has 1 saturated carbocycles. The van der Waals surface area contributed by atoms with E-state index in [1.165, 1.54) is 12.8 Å².